The first-order valence-corrected chi connectivity index (χ1v) is 8.83. The molecule has 0 bridgehead atoms. The fraction of sp³-hybridized carbons (Fsp3) is 0.286. The van der Waals surface area contributed by atoms with Gasteiger partial charge in [0, 0.05) is 29.5 Å². The Balaban J connectivity index is 2.03. The summed E-state index contributed by atoms with van der Waals surface area (Å²) in [6.07, 6.45) is -0.560. The minimum atomic E-state index is -0.589. The van der Waals surface area contributed by atoms with Crippen LogP contribution in [-0.4, -0.2) is 23.5 Å². The van der Waals surface area contributed by atoms with Gasteiger partial charge < -0.3 is 15.4 Å². The van der Waals surface area contributed by atoms with Crippen LogP contribution in [0.15, 0.2) is 42.5 Å². The van der Waals surface area contributed by atoms with Gasteiger partial charge >= 0.3 is 6.09 Å². The minimum absolute atomic E-state index is 0.181. The average Bonchev–Trinajstić information content (AvgIpc) is 2.56. The van der Waals surface area contributed by atoms with E-state index in [0.29, 0.717) is 22.6 Å². The van der Waals surface area contributed by atoms with E-state index in [2.05, 4.69) is 16.0 Å². The molecular weight excluding hydrogens is 358 g/mol. The molecule has 0 atom stereocenters. The molecule has 2 rings (SSSR count). The van der Waals surface area contributed by atoms with Gasteiger partial charge in [-0.1, -0.05) is 6.07 Å². The largest absolute Gasteiger partial charge is 0.444 e. The Morgan fingerprint density at radius 1 is 0.857 bits per heavy atom. The molecule has 7 nitrogen and oxygen atoms in total. The van der Waals surface area contributed by atoms with Crippen LogP contribution in [0.1, 0.15) is 43.6 Å². The van der Waals surface area contributed by atoms with Crippen molar-refractivity contribution in [2.24, 2.45) is 0 Å². The standard InChI is InChI=1S/C21H25N3O4/c1-13-6-9-17(12-18(13)22-14(2)25)23-19(26)15-7-10-16(11-8-15)24-20(27)28-21(3,4)5/h6-12H,1-5H3,(H,22,25)(H,23,26)(H,24,27). The topological polar surface area (TPSA) is 96.5 Å². The van der Waals surface area contributed by atoms with Crippen LogP contribution in [-0.2, 0) is 9.53 Å². The predicted octanol–water partition coefficient (Wildman–Crippen LogP) is 4.55. The molecule has 0 heterocycles. The molecule has 28 heavy (non-hydrogen) atoms. The molecule has 3 amide bonds. The third-order valence-corrected chi connectivity index (χ3v) is 3.60. The number of nitrogens with one attached hydrogen (secondary N) is 3. The SMILES string of the molecule is CC(=O)Nc1cc(NC(=O)c2ccc(NC(=O)OC(C)(C)C)cc2)ccc1C. The van der Waals surface area contributed by atoms with Crippen molar-refractivity contribution in [3.63, 3.8) is 0 Å². The van der Waals surface area contributed by atoms with Crippen molar-refractivity contribution < 1.29 is 19.1 Å². The Morgan fingerprint density at radius 2 is 1.46 bits per heavy atom. The third kappa shape index (κ3) is 6.42. The van der Waals surface area contributed by atoms with Gasteiger partial charge in [0.1, 0.15) is 5.60 Å². The first-order chi connectivity index (χ1) is 13.0. The van der Waals surface area contributed by atoms with Gasteiger partial charge in [-0.2, -0.15) is 0 Å². The highest BCUT2D eigenvalue weighted by atomic mass is 16.6. The molecule has 0 saturated heterocycles. The molecule has 148 valence electrons. The van der Waals surface area contributed by atoms with Crippen LogP contribution in [0.2, 0.25) is 0 Å². The average molecular weight is 383 g/mol. The first-order valence-electron chi connectivity index (χ1n) is 8.83. The molecule has 0 fully saturated rings. The Hall–Kier alpha value is -3.35. The molecule has 2 aromatic carbocycles. The van der Waals surface area contributed by atoms with Crippen LogP contribution in [0.25, 0.3) is 0 Å². The summed E-state index contributed by atoms with van der Waals surface area (Å²) in [5, 5.41) is 8.13. The summed E-state index contributed by atoms with van der Waals surface area (Å²) < 4.78 is 5.19. The Bertz CT molecular complexity index is 884. The summed E-state index contributed by atoms with van der Waals surface area (Å²) in [6, 6.07) is 11.7. The van der Waals surface area contributed by atoms with Gasteiger partial charge in [0.05, 0.1) is 0 Å². The molecule has 0 aliphatic carbocycles. The maximum Gasteiger partial charge on any atom is 0.412 e. The number of hydrogen-bond donors (Lipinski definition) is 3. The maximum atomic E-state index is 12.4. The van der Waals surface area contributed by atoms with Crippen molar-refractivity contribution in [1.29, 1.82) is 0 Å². The van der Waals surface area contributed by atoms with E-state index in [1.54, 1.807) is 57.2 Å². The normalized spacial score (nSPS) is 10.8. The van der Waals surface area contributed by atoms with Crippen molar-refractivity contribution in [3.8, 4) is 0 Å². The Kier molecular flexibility index (Phi) is 6.41. The number of hydrogen-bond acceptors (Lipinski definition) is 4. The minimum Gasteiger partial charge on any atom is -0.444 e. The number of aryl methyl sites for hydroxylation is 1. The predicted molar refractivity (Wildman–Crippen MR) is 110 cm³/mol. The first kappa shape index (κ1) is 21.0. The molecular formula is C21H25N3O4. The van der Waals surface area contributed by atoms with Crippen LogP contribution in [0.4, 0.5) is 21.9 Å². The van der Waals surface area contributed by atoms with Gasteiger partial charge in [0.25, 0.3) is 5.91 Å². The Labute approximate surface area is 164 Å². The summed E-state index contributed by atoms with van der Waals surface area (Å²) in [5.74, 6) is -0.485. The van der Waals surface area contributed by atoms with Crippen molar-refractivity contribution >= 4 is 35.0 Å². The van der Waals surface area contributed by atoms with Gasteiger partial charge in [-0.05, 0) is 69.7 Å². The van der Waals surface area contributed by atoms with Crippen molar-refractivity contribution in [1.82, 2.24) is 0 Å². The van der Waals surface area contributed by atoms with Gasteiger partial charge in [-0.3, -0.25) is 14.9 Å². The molecule has 0 aliphatic heterocycles. The summed E-state index contributed by atoms with van der Waals surface area (Å²) in [4.78, 5) is 35.5. The summed E-state index contributed by atoms with van der Waals surface area (Å²) in [7, 11) is 0. The van der Waals surface area contributed by atoms with Gasteiger partial charge in [0.2, 0.25) is 5.91 Å². The Morgan fingerprint density at radius 3 is 2.04 bits per heavy atom. The van der Waals surface area contributed by atoms with Gasteiger partial charge in [0.15, 0.2) is 0 Å². The van der Waals surface area contributed by atoms with Crippen molar-refractivity contribution in [3.05, 3.63) is 53.6 Å². The lowest BCUT2D eigenvalue weighted by Crippen LogP contribution is -2.27. The van der Waals surface area contributed by atoms with E-state index in [4.69, 9.17) is 4.74 Å². The molecule has 2 aromatic rings. The number of carbonyl (C=O) groups excluding carboxylic acids is 3. The van der Waals surface area contributed by atoms with E-state index in [1.807, 2.05) is 13.0 Å². The molecule has 7 heteroatoms. The molecule has 0 saturated carbocycles. The van der Waals surface area contributed by atoms with Crippen molar-refractivity contribution in [2.45, 2.75) is 40.2 Å². The maximum absolute atomic E-state index is 12.4. The van der Waals surface area contributed by atoms with E-state index in [9.17, 15) is 14.4 Å². The van der Waals surface area contributed by atoms with Crippen LogP contribution >= 0.6 is 0 Å². The molecule has 0 aliphatic rings. The number of benzene rings is 2. The fourth-order valence-corrected chi connectivity index (χ4v) is 2.35. The fourth-order valence-electron chi connectivity index (χ4n) is 2.35. The zero-order valence-electron chi connectivity index (χ0n) is 16.7. The quantitative estimate of drug-likeness (QED) is 0.721. The third-order valence-electron chi connectivity index (χ3n) is 3.60. The number of anilines is 3. The number of ether oxygens (including phenoxy) is 1. The summed E-state index contributed by atoms with van der Waals surface area (Å²) in [5.41, 5.74) is 2.46. The zero-order valence-corrected chi connectivity index (χ0v) is 16.7. The lowest BCUT2D eigenvalue weighted by Gasteiger charge is -2.19. The van der Waals surface area contributed by atoms with E-state index in [0.717, 1.165) is 5.56 Å². The zero-order chi connectivity index (χ0) is 20.9. The van der Waals surface area contributed by atoms with E-state index in [-0.39, 0.29) is 11.8 Å². The summed E-state index contributed by atoms with van der Waals surface area (Å²) in [6.45, 7) is 8.64. The second-order valence-electron chi connectivity index (χ2n) is 7.37. The van der Waals surface area contributed by atoms with Crippen LogP contribution in [0, 0.1) is 6.92 Å². The van der Waals surface area contributed by atoms with Gasteiger partial charge in [-0.25, -0.2) is 4.79 Å². The highest BCUT2D eigenvalue weighted by molar-refractivity contribution is 6.05. The molecule has 3 N–H and O–H groups in total. The number of carbonyl (C=O) groups is 3. The monoisotopic (exact) mass is 383 g/mol. The second kappa shape index (κ2) is 8.56. The summed E-state index contributed by atoms with van der Waals surface area (Å²) >= 11 is 0. The van der Waals surface area contributed by atoms with Crippen molar-refractivity contribution in [2.75, 3.05) is 16.0 Å². The second-order valence-corrected chi connectivity index (χ2v) is 7.37. The molecule has 0 radical (unpaired) electrons. The van der Waals surface area contributed by atoms with Crippen LogP contribution in [0.3, 0.4) is 0 Å². The van der Waals surface area contributed by atoms with Crippen LogP contribution < -0.4 is 16.0 Å². The number of rotatable bonds is 4. The smallest absolute Gasteiger partial charge is 0.412 e. The highest BCUT2D eigenvalue weighted by Crippen LogP contribution is 2.21. The highest BCUT2D eigenvalue weighted by Gasteiger charge is 2.16. The lowest BCUT2D eigenvalue weighted by atomic mass is 10.1. The van der Waals surface area contributed by atoms with E-state index >= 15 is 0 Å². The van der Waals surface area contributed by atoms with E-state index < -0.39 is 11.7 Å². The molecule has 0 spiro atoms. The molecule has 0 aromatic heterocycles. The number of amides is 3. The lowest BCUT2D eigenvalue weighted by molar-refractivity contribution is -0.114. The molecule has 0 unspecified atom stereocenters. The van der Waals surface area contributed by atoms with Crippen LogP contribution in [0.5, 0.6) is 0 Å². The van der Waals surface area contributed by atoms with Gasteiger partial charge in [-0.15, -0.1) is 0 Å². The van der Waals surface area contributed by atoms with E-state index in [1.165, 1.54) is 6.92 Å².